The molecule has 142 valence electrons. The van der Waals surface area contributed by atoms with Gasteiger partial charge < -0.3 is 10.2 Å². The monoisotopic (exact) mass is 376 g/mol. The molecule has 4 rings (SSSR count). The summed E-state index contributed by atoms with van der Waals surface area (Å²) < 4.78 is 8.39. The number of fused-ring (bicyclic) bond motifs is 4. The van der Waals surface area contributed by atoms with Crippen LogP contribution in [-0.2, 0) is 0 Å². The minimum atomic E-state index is -0.376. The van der Waals surface area contributed by atoms with Gasteiger partial charge in [-0.25, -0.2) is 15.4 Å². The van der Waals surface area contributed by atoms with Gasteiger partial charge in [-0.2, -0.15) is 0 Å². The largest absolute Gasteiger partial charge is 0.452 e. The Morgan fingerprint density at radius 1 is 1.11 bits per heavy atom. The van der Waals surface area contributed by atoms with Crippen LogP contribution in [0.2, 0.25) is 0 Å². The first-order valence-electron chi connectivity index (χ1n) is 9.21. The van der Waals surface area contributed by atoms with Crippen molar-refractivity contribution in [3.8, 4) is 11.5 Å². The van der Waals surface area contributed by atoms with E-state index in [0.717, 1.165) is 34.9 Å². The molecule has 7 nitrogen and oxygen atoms in total. The number of rotatable bonds is 3. The van der Waals surface area contributed by atoms with Crippen LogP contribution in [0.15, 0.2) is 46.9 Å². The lowest BCUT2D eigenvalue weighted by molar-refractivity contribution is 0.0954. The van der Waals surface area contributed by atoms with Crippen LogP contribution < -0.4 is 26.9 Å². The zero-order valence-electron chi connectivity index (χ0n) is 15.8. The molecule has 5 N–H and O–H groups in total. The Bertz CT molecular complexity index is 1250. The van der Waals surface area contributed by atoms with Crippen molar-refractivity contribution in [3.05, 3.63) is 53.4 Å². The molecule has 7 heteroatoms. The second-order valence-corrected chi connectivity index (χ2v) is 6.58. The van der Waals surface area contributed by atoms with Gasteiger partial charge >= 0.3 is 0 Å². The number of nitrogens with zero attached hydrogens (tertiary/aromatic N) is 2. The van der Waals surface area contributed by atoms with Crippen LogP contribution in [0.1, 0.15) is 24.2 Å². The average Bonchev–Trinajstić information content (AvgIpc) is 2.72. The number of hydrazine groups is 1. The summed E-state index contributed by atoms with van der Waals surface area (Å²) in [5, 5.41) is 2.63. The number of aromatic nitrogens is 1. The molecule has 0 bridgehead atoms. The summed E-state index contributed by atoms with van der Waals surface area (Å²) in [6.07, 6.45) is 0. The smallest absolute Gasteiger partial charge is 0.265 e. The van der Waals surface area contributed by atoms with E-state index in [4.69, 9.17) is 21.0 Å². The highest BCUT2D eigenvalue weighted by atomic mass is 16.3. The number of nitrogen functional groups attached to an aromatic ring is 2. The standard InChI is InChI=1S/C21H21N5O2/c1-3-26(4-2)13-6-8-17-18(10-13)28-19-11-16(22)14-7-5-12(21(27)25-23)9-15(14)20(19)24-17/h5-11H,3-4H2,1-2H3,(H4,22,23,24,25,27)/p+1. The minimum absolute atomic E-state index is 0.376. The molecule has 1 aliphatic carbocycles. The van der Waals surface area contributed by atoms with Crippen LogP contribution in [0, 0.1) is 0 Å². The lowest BCUT2D eigenvalue weighted by Gasteiger charge is -2.11. The minimum Gasteiger partial charge on any atom is -0.452 e. The third kappa shape index (κ3) is 2.86. The SMILES string of the molecule is CC[N+](CC)=c1ccc2nc3c(cc(N)c4ccc(C(=O)NN)cc43)oc-2c1. The lowest BCUT2D eigenvalue weighted by Crippen LogP contribution is -2.29. The van der Waals surface area contributed by atoms with Gasteiger partial charge in [-0.1, -0.05) is 6.07 Å². The molecule has 1 amide bonds. The van der Waals surface area contributed by atoms with Gasteiger partial charge in [-0.15, -0.1) is 0 Å². The Hall–Kier alpha value is -3.45. The third-order valence-electron chi connectivity index (χ3n) is 5.02. The van der Waals surface area contributed by atoms with Crippen molar-refractivity contribution in [2.24, 2.45) is 5.84 Å². The van der Waals surface area contributed by atoms with Gasteiger partial charge in [0.15, 0.2) is 11.3 Å². The molecule has 0 spiro atoms. The number of benzene rings is 3. The van der Waals surface area contributed by atoms with Crippen LogP contribution in [0.3, 0.4) is 0 Å². The van der Waals surface area contributed by atoms with Crippen molar-refractivity contribution in [1.29, 1.82) is 0 Å². The van der Waals surface area contributed by atoms with E-state index in [0.29, 0.717) is 28.1 Å². The van der Waals surface area contributed by atoms with E-state index >= 15 is 0 Å². The molecule has 2 aromatic rings. The van der Waals surface area contributed by atoms with Gasteiger partial charge in [0.25, 0.3) is 5.91 Å². The van der Waals surface area contributed by atoms with Gasteiger partial charge in [0.05, 0.1) is 6.07 Å². The first kappa shape index (κ1) is 17.9. The lowest BCUT2D eigenvalue weighted by atomic mass is 10.0. The molecule has 2 aliphatic rings. The van der Waals surface area contributed by atoms with Crippen LogP contribution >= 0.6 is 0 Å². The Labute approximate surface area is 161 Å². The van der Waals surface area contributed by atoms with Crippen molar-refractivity contribution in [2.75, 3.05) is 18.8 Å². The summed E-state index contributed by atoms with van der Waals surface area (Å²) in [4.78, 5) is 16.7. The van der Waals surface area contributed by atoms with Crippen LogP contribution in [0.25, 0.3) is 33.3 Å². The highest BCUT2D eigenvalue weighted by molar-refractivity contribution is 6.12. The Balaban J connectivity index is 2.06. The maximum Gasteiger partial charge on any atom is 0.265 e. The van der Waals surface area contributed by atoms with E-state index in [9.17, 15) is 4.79 Å². The third-order valence-corrected chi connectivity index (χ3v) is 5.02. The van der Waals surface area contributed by atoms with E-state index in [1.54, 1.807) is 24.3 Å². The normalized spacial score (nSPS) is 11.2. The number of amides is 1. The van der Waals surface area contributed by atoms with E-state index in [-0.39, 0.29) is 5.91 Å². The fourth-order valence-corrected chi connectivity index (χ4v) is 3.53. The van der Waals surface area contributed by atoms with E-state index in [1.807, 2.05) is 18.2 Å². The maximum absolute atomic E-state index is 11.9. The summed E-state index contributed by atoms with van der Waals surface area (Å²) >= 11 is 0. The molecule has 0 saturated heterocycles. The van der Waals surface area contributed by atoms with Crippen molar-refractivity contribution in [1.82, 2.24) is 15.0 Å². The highest BCUT2D eigenvalue weighted by Gasteiger charge is 2.16. The van der Waals surface area contributed by atoms with Gasteiger partial charge in [-0.05, 0) is 32.0 Å². The second kappa shape index (κ2) is 6.94. The van der Waals surface area contributed by atoms with Gasteiger partial charge in [0.1, 0.15) is 24.3 Å². The Kier molecular flexibility index (Phi) is 4.44. The van der Waals surface area contributed by atoms with Crippen LogP contribution in [0.5, 0.6) is 0 Å². The summed E-state index contributed by atoms with van der Waals surface area (Å²) in [6.45, 7) is 6.05. The van der Waals surface area contributed by atoms with E-state index < -0.39 is 0 Å². The summed E-state index contributed by atoms with van der Waals surface area (Å²) in [5.41, 5.74) is 11.3. The number of carbonyl (C=O) groups is 1. The Morgan fingerprint density at radius 3 is 2.61 bits per heavy atom. The van der Waals surface area contributed by atoms with E-state index in [1.165, 1.54) is 0 Å². The second-order valence-electron chi connectivity index (χ2n) is 6.58. The fourth-order valence-electron chi connectivity index (χ4n) is 3.53. The van der Waals surface area contributed by atoms with Crippen LogP contribution in [0.4, 0.5) is 5.69 Å². The molecule has 0 fully saturated rings. The number of hydrogen-bond acceptors (Lipinski definition) is 5. The highest BCUT2D eigenvalue weighted by Crippen LogP contribution is 2.33. The first-order chi connectivity index (χ1) is 13.5. The predicted octanol–water partition coefficient (Wildman–Crippen LogP) is 2.08. The number of anilines is 1. The molecule has 0 atom stereocenters. The van der Waals surface area contributed by atoms with Gasteiger partial charge in [0, 0.05) is 34.2 Å². The Morgan fingerprint density at radius 2 is 1.89 bits per heavy atom. The zero-order valence-corrected chi connectivity index (χ0v) is 15.8. The number of carbonyl (C=O) groups excluding carboxylic acids is 1. The number of nitrogens with two attached hydrogens (primary N) is 2. The number of nitrogens with one attached hydrogen (secondary N) is 1. The van der Waals surface area contributed by atoms with Crippen LogP contribution in [-0.4, -0.2) is 24.0 Å². The molecule has 28 heavy (non-hydrogen) atoms. The van der Waals surface area contributed by atoms with Crippen molar-refractivity contribution >= 4 is 33.5 Å². The van der Waals surface area contributed by atoms with Crippen molar-refractivity contribution in [3.63, 3.8) is 0 Å². The fraction of sp³-hybridized carbons (Fsp3) is 0.190. The number of hydrogen-bond donors (Lipinski definition) is 3. The predicted molar refractivity (Wildman–Crippen MR) is 111 cm³/mol. The van der Waals surface area contributed by atoms with Crippen molar-refractivity contribution in [2.45, 2.75) is 13.8 Å². The van der Waals surface area contributed by atoms with E-state index in [2.05, 4.69) is 23.8 Å². The quantitative estimate of drug-likeness (QED) is 0.0964. The summed E-state index contributed by atoms with van der Waals surface area (Å²) in [6, 6.07) is 13.0. The molecule has 1 heterocycles. The molecule has 0 unspecified atom stereocenters. The molecule has 0 aromatic heterocycles. The molecule has 1 aliphatic heterocycles. The van der Waals surface area contributed by atoms with Crippen molar-refractivity contribution < 1.29 is 9.21 Å². The topological polar surface area (TPSA) is 110 Å². The summed E-state index contributed by atoms with van der Waals surface area (Å²) in [7, 11) is 0. The molecule has 0 saturated carbocycles. The van der Waals surface area contributed by atoms with Gasteiger partial charge in [-0.3, -0.25) is 10.2 Å². The van der Waals surface area contributed by atoms with Gasteiger partial charge in [0.2, 0.25) is 5.36 Å². The molecule has 0 radical (unpaired) electrons. The molecular weight excluding hydrogens is 354 g/mol. The zero-order chi connectivity index (χ0) is 19.8. The molecular formula is C21H22N5O2+. The summed E-state index contributed by atoms with van der Waals surface area (Å²) in [5.74, 6) is 5.57. The molecule has 2 aromatic carbocycles. The average molecular weight is 376 g/mol. The first-order valence-corrected chi connectivity index (χ1v) is 9.21. The maximum atomic E-state index is 11.9.